The third-order valence-corrected chi connectivity index (χ3v) is 6.23. The number of hydrogen-bond donors (Lipinski definition) is 3. The average Bonchev–Trinajstić information content (AvgIpc) is 2.93. The highest BCUT2D eigenvalue weighted by atomic mass is 16.3. The van der Waals surface area contributed by atoms with E-state index in [-0.39, 0.29) is 61.5 Å². The number of H-pyrrole nitrogens is 1. The van der Waals surface area contributed by atoms with E-state index in [9.17, 15) is 24.3 Å². The molecule has 38 heavy (non-hydrogen) atoms. The normalized spacial score (nSPS) is 16.9. The zero-order chi connectivity index (χ0) is 26.4. The number of fused-ring (bicyclic) bond motifs is 2. The number of nitrogens with one attached hydrogen (secondary N) is 2. The lowest BCUT2D eigenvalue weighted by atomic mass is 10.0. The molecule has 2 aromatic heterocycles. The van der Waals surface area contributed by atoms with Crippen molar-refractivity contribution in [2.75, 3.05) is 5.32 Å². The summed E-state index contributed by atoms with van der Waals surface area (Å²) in [5.41, 5.74) is -0.625. The molecule has 4 aromatic rings. The van der Waals surface area contributed by atoms with Crippen LogP contribution in [0.15, 0.2) is 97.9 Å². The first-order valence-electron chi connectivity index (χ1n) is 11.5. The van der Waals surface area contributed by atoms with Crippen LogP contribution in [0, 0.1) is 0 Å². The van der Waals surface area contributed by atoms with Crippen LogP contribution in [-0.4, -0.2) is 27.9 Å². The predicted molar refractivity (Wildman–Crippen MR) is 142 cm³/mol. The number of aromatic hydroxyl groups is 1. The van der Waals surface area contributed by atoms with E-state index in [2.05, 4.69) is 15.3 Å². The highest BCUT2D eigenvalue weighted by Gasteiger charge is 2.22. The van der Waals surface area contributed by atoms with Gasteiger partial charge in [0.1, 0.15) is 22.7 Å². The fourth-order valence-corrected chi connectivity index (χ4v) is 4.35. The summed E-state index contributed by atoms with van der Waals surface area (Å²) in [5.74, 6) is -1.10. The number of carbonyl (C=O) groups excluding carboxylic acids is 2. The number of nitrogens with zero attached hydrogens (tertiary/aromatic N) is 1. The minimum Gasteiger partial charge on any atom is -0.507 e. The number of benzene rings is 2. The summed E-state index contributed by atoms with van der Waals surface area (Å²) in [6.45, 7) is 0. The number of aromatic amines is 1. The number of aromatic nitrogens is 1. The number of hydrogen-bond acceptors (Lipinski definition) is 8. The van der Waals surface area contributed by atoms with Crippen molar-refractivity contribution in [2.24, 2.45) is 4.99 Å². The molecule has 184 valence electrons. The molecule has 3 N–H and O–H groups in total. The van der Waals surface area contributed by atoms with Gasteiger partial charge in [-0.05, 0) is 42.5 Å². The van der Waals surface area contributed by atoms with Crippen LogP contribution in [0.5, 0.6) is 5.75 Å². The van der Waals surface area contributed by atoms with Crippen molar-refractivity contribution < 1.29 is 19.1 Å². The number of para-hydroxylation sites is 2. The quantitative estimate of drug-likeness (QED) is 0.355. The Kier molecular flexibility index (Phi) is 5.31. The summed E-state index contributed by atoms with van der Waals surface area (Å²) < 4.78 is 5.92. The number of pyridine rings is 1. The molecule has 9 nitrogen and oxygen atoms in total. The Morgan fingerprint density at radius 2 is 1.68 bits per heavy atom. The van der Waals surface area contributed by atoms with E-state index in [1.807, 2.05) is 0 Å². The lowest BCUT2D eigenvalue weighted by Crippen LogP contribution is -2.42. The molecule has 0 saturated carbocycles. The highest BCUT2D eigenvalue weighted by Crippen LogP contribution is 2.23. The SMILES string of the molecule is O=C1C=CC=C/C1=c1/[nH]c(=O)c(C(=O)c2ccccc2O)c/c1=C1\N=Cc2c(oc3ccccc3c2=O)N1. The summed E-state index contributed by atoms with van der Waals surface area (Å²) in [5, 5.41) is 13.9. The number of ketones is 2. The maximum Gasteiger partial charge on any atom is 0.259 e. The number of phenols is 1. The number of anilines is 1. The van der Waals surface area contributed by atoms with Crippen molar-refractivity contribution in [3.05, 3.63) is 127 Å². The lowest BCUT2D eigenvalue weighted by molar-refractivity contribution is -0.109. The van der Waals surface area contributed by atoms with Crippen LogP contribution < -0.4 is 26.9 Å². The lowest BCUT2D eigenvalue weighted by Gasteiger charge is -2.15. The van der Waals surface area contributed by atoms with Crippen molar-refractivity contribution in [3.63, 3.8) is 0 Å². The van der Waals surface area contributed by atoms with E-state index < -0.39 is 11.3 Å². The van der Waals surface area contributed by atoms with Crippen LogP contribution in [0.4, 0.5) is 5.88 Å². The Morgan fingerprint density at radius 1 is 0.921 bits per heavy atom. The van der Waals surface area contributed by atoms with E-state index in [1.165, 1.54) is 36.6 Å². The van der Waals surface area contributed by atoms with Gasteiger partial charge in [-0.1, -0.05) is 36.4 Å². The van der Waals surface area contributed by atoms with Crippen LogP contribution in [0.1, 0.15) is 21.5 Å². The Balaban J connectivity index is 1.65. The van der Waals surface area contributed by atoms with Gasteiger partial charge in [0.15, 0.2) is 5.78 Å². The second kappa shape index (κ2) is 8.82. The first kappa shape index (κ1) is 22.9. The largest absolute Gasteiger partial charge is 0.507 e. The zero-order valence-electron chi connectivity index (χ0n) is 19.5. The van der Waals surface area contributed by atoms with Gasteiger partial charge in [-0.15, -0.1) is 0 Å². The van der Waals surface area contributed by atoms with E-state index in [0.29, 0.717) is 11.0 Å². The molecule has 0 radical (unpaired) electrons. The molecule has 1 aliphatic heterocycles. The molecule has 0 unspecified atom stereocenters. The smallest absolute Gasteiger partial charge is 0.259 e. The van der Waals surface area contributed by atoms with Gasteiger partial charge < -0.3 is 19.8 Å². The van der Waals surface area contributed by atoms with Gasteiger partial charge in [0.25, 0.3) is 5.56 Å². The number of aliphatic imine (C=N–C) groups is 1. The maximum absolute atomic E-state index is 13.3. The molecule has 1 aliphatic carbocycles. The van der Waals surface area contributed by atoms with Crippen LogP contribution in [-0.2, 0) is 4.79 Å². The van der Waals surface area contributed by atoms with Crippen molar-refractivity contribution in [1.82, 2.24) is 4.98 Å². The van der Waals surface area contributed by atoms with Gasteiger partial charge in [-0.2, -0.15) is 0 Å². The molecule has 6 rings (SSSR count). The Labute approximate surface area is 213 Å². The van der Waals surface area contributed by atoms with Crippen LogP contribution in [0.25, 0.3) is 22.4 Å². The van der Waals surface area contributed by atoms with Gasteiger partial charge >= 0.3 is 0 Å². The summed E-state index contributed by atoms with van der Waals surface area (Å²) in [7, 11) is 0. The molecule has 9 heteroatoms. The van der Waals surface area contributed by atoms with Crippen molar-refractivity contribution >= 4 is 46.0 Å². The first-order chi connectivity index (χ1) is 18.4. The molecule has 0 bridgehead atoms. The second-order valence-electron chi connectivity index (χ2n) is 8.55. The number of phenolic OH excluding ortho intramolecular Hbond substituents is 1. The van der Waals surface area contributed by atoms with Gasteiger partial charge in [-0.3, -0.25) is 19.2 Å². The van der Waals surface area contributed by atoms with Gasteiger partial charge in [0.2, 0.25) is 17.1 Å². The average molecular weight is 503 g/mol. The Hall–Kier alpha value is -5.57. The molecule has 0 amide bonds. The summed E-state index contributed by atoms with van der Waals surface area (Å²) in [6.07, 6.45) is 7.43. The summed E-state index contributed by atoms with van der Waals surface area (Å²) >= 11 is 0. The van der Waals surface area contributed by atoms with Crippen LogP contribution >= 0.6 is 0 Å². The van der Waals surface area contributed by atoms with Gasteiger partial charge in [0, 0.05) is 17.0 Å². The molecule has 2 aliphatic rings. The highest BCUT2D eigenvalue weighted by molar-refractivity contribution is 6.25. The molecular weight excluding hydrogens is 486 g/mol. The maximum atomic E-state index is 13.3. The van der Waals surface area contributed by atoms with Crippen LogP contribution in [0.3, 0.4) is 0 Å². The monoisotopic (exact) mass is 503 g/mol. The molecule has 0 saturated heterocycles. The number of allylic oxidation sites excluding steroid dienone is 4. The molecule has 0 atom stereocenters. The molecule has 0 fully saturated rings. The minimum atomic E-state index is -0.751. The predicted octanol–water partition coefficient (Wildman–Crippen LogP) is 1.87. The topological polar surface area (TPSA) is 142 Å². The third kappa shape index (κ3) is 3.70. The number of carbonyl (C=O) groups is 2. The summed E-state index contributed by atoms with van der Waals surface area (Å²) in [6, 6.07) is 13.9. The van der Waals surface area contributed by atoms with E-state index in [1.54, 1.807) is 48.6 Å². The molecule has 3 heterocycles. The minimum absolute atomic E-state index is 0.0613. The Morgan fingerprint density at radius 3 is 2.50 bits per heavy atom. The second-order valence-corrected chi connectivity index (χ2v) is 8.55. The van der Waals surface area contributed by atoms with Crippen molar-refractivity contribution in [1.29, 1.82) is 0 Å². The van der Waals surface area contributed by atoms with Gasteiger partial charge in [-0.25, -0.2) is 4.99 Å². The van der Waals surface area contributed by atoms with E-state index in [4.69, 9.17) is 4.42 Å². The molecule has 2 aromatic carbocycles. The number of rotatable bonds is 2. The third-order valence-electron chi connectivity index (χ3n) is 6.23. The van der Waals surface area contributed by atoms with Crippen molar-refractivity contribution in [2.45, 2.75) is 0 Å². The Bertz CT molecular complexity index is 2040. The first-order valence-corrected chi connectivity index (χ1v) is 11.5. The van der Waals surface area contributed by atoms with E-state index in [0.717, 1.165) is 0 Å². The van der Waals surface area contributed by atoms with E-state index >= 15 is 0 Å². The fourth-order valence-electron chi connectivity index (χ4n) is 4.35. The summed E-state index contributed by atoms with van der Waals surface area (Å²) in [4.78, 5) is 59.0. The van der Waals surface area contributed by atoms with Crippen LogP contribution in [0.2, 0.25) is 0 Å². The van der Waals surface area contributed by atoms with Crippen molar-refractivity contribution in [3.8, 4) is 5.75 Å². The molecular formula is C29H17N3O6. The standard InChI is InChI=1S/C29H17N3O6/c33-21-10-4-1-7-15(21)24-18(13-19(28(37)31-24)25(35)16-8-2-5-11-22(16)34)27-30-14-20-26(36)17-9-3-6-12-23(17)38-29(20)32-27/h1-14,32,34H,(H,31,37)/b24-15-,27-18-. The molecule has 0 spiro atoms. The van der Waals surface area contributed by atoms with Gasteiger partial charge in [0.05, 0.1) is 21.9 Å². The fraction of sp³-hybridized carbons (Fsp3) is 0. The zero-order valence-corrected chi connectivity index (χ0v) is 19.5.